The zero-order chi connectivity index (χ0) is 15.5. The van der Waals surface area contributed by atoms with Crippen molar-refractivity contribution >= 4 is 23.4 Å². The number of nitrogens with one attached hydrogen (secondary N) is 1. The summed E-state index contributed by atoms with van der Waals surface area (Å²) in [5, 5.41) is 4.11. The second-order valence-corrected chi connectivity index (χ2v) is 5.70. The van der Waals surface area contributed by atoms with E-state index >= 15 is 0 Å². The van der Waals surface area contributed by atoms with Gasteiger partial charge in [-0.1, -0.05) is 29.4 Å². The number of pyridine rings is 1. The van der Waals surface area contributed by atoms with Gasteiger partial charge in [0.25, 0.3) is 0 Å². The number of nitrogens with zero attached hydrogens (tertiary/aromatic N) is 1. The molecule has 1 heterocycles. The Morgan fingerprint density at radius 3 is 2.57 bits per heavy atom. The molecule has 0 spiro atoms. The molecule has 0 fully saturated rings. The number of hydrogen-bond acceptors (Lipinski definition) is 3. The van der Waals surface area contributed by atoms with Gasteiger partial charge < -0.3 is 5.32 Å². The highest BCUT2D eigenvalue weighted by molar-refractivity contribution is 7.99. The summed E-state index contributed by atoms with van der Waals surface area (Å²) in [6.07, 6.45) is -3.53. The maximum atomic E-state index is 12.5. The molecule has 0 radical (unpaired) electrons. The Bertz CT molecular complexity index is 615. The maximum Gasteiger partial charge on any atom is 0.417 e. The summed E-state index contributed by atoms with van der Waals surface area (Å²) < 4.78 is 37.5. The van der Waals surface area contributed by atoms with Crippen molar-refractivity contribution in [1.29, 1.82) is 0 Å². The predicted octanol–water partition coefficient (Wildman–Crippen LogP) is 4.62. The van der Waals surface area contributed by atoms with Gasteiger partial charge >= 0.3 is 6.18 Å². The third-order valence-corrected chi connectivity index (χ3v) is 4.11. The minimum Gasteiger partial charge on any atom is -0.316 e. The Morgan fingerprint density at radius 1 is 1.24 bits per heavy atom. The molecule has 0 aliphatic rings. The highest BCUT2D eigenvalue weighted by atomic mass is 35.5. The van der Waals surface area contributed by atoms with E-state index in [9.17, 15) is 13.2 Å². The van der Waals surface area contributed by atoms with E-state index in [0.717, 1.165) is 22.7 Å². The van der Waals surface area contributed by atoms with Crippen LogP contribution >= 0.6 is 23.4 Å². The van der Waals surface area contributed by atoms with Gasteiger partial charge in [0.05, 0.1) is 5.56 Å². The Morgan fingerprint density at radius 2 is 2.00 bits per heavy atom. The fourth-order valence-corrected chi connectivity index (χ4v) is 2.92. The summed E-state index contributed by atoms with van der Waals surface area (Å²) >= 11 is 7.42. The van der Waals surface area contributed by atoms with Crippen LogP contribution in [0.25, 0.3) is 0 Å². The molecular weight excluding hydrogens is 321 g/mol. The third kappa shape index (κ3) is 4.12. The van der Waals surface area contributed by atoms with Crippen molar-refractivity contribution in [2.75, 3.05) is 7.05 Å². The van der Waals surface area contributed by atoms with Crippen molar-refractivity contribution in [3.05, 3.63) is 52.7 Å². The highest BCUT2D eigenvalue weighted by Crippen LogP contribution is 2.34. The molecule has 0 atom stereocenters. The van der Waals surface area contributed by atoms with Crippen molar-refractivity contribution < 1.29 is 13.2 Å². The first-order valence-electron chi connectivity index (χ1n) is 6.05. The lowest BCUT2D eigenvalue weighted by Crippen LogP contribution is -2.07. The van der Waals surface area contributed by atoms with Crippen LogP contribution in [0.3, 0.4) is 0 Å². The summed E-state index contributed by atoms with van der Waals surface area (Å²) in [6.45, 7) is 0.572. The topological polar surface area (TPSA) is 24.9 Å². The number of benzene rings is 1. The van der Waals surface area contributed by atoms with E-state index in [1.54, 1.807) is 19.2 Å². The molecule has 2 rings (SSSR count). The fourth-order valence-electron chi connectivity index (χ4n) is 1.70. The average Bonchev–Trinajstić information content (AvgIpc) is 2.42. The van der Waals surface area contributed by atoms with E-state index in [1.165, 1.54) is 17.8 Å². The van der Waals surface area contributed by atoms with E-state index in [-0.39, 0.29) is 0 Å². The summed E-state index contributed by atoms with van der Waals surface area (Å²) in [5.74, 6) is 0. The molecule has 1 N–H and O–H groups in total. The lowest BCUT2D eigenvalue weighted by Gasteiger charge is -2.11. The van der Waals surface area contributed by atoms with Crippen LogP contribution in [0.4, 0.5) is 13.2 Å². The molecule has 112 valence electrons. The highest BCUT2D eigenvalue weighted by Gasteiger charge is 2.30. The van der Waals surface area contributed by atoms with E-state index in [0.29, 0.717) is 16.6 Å². The molecule has 0 aliphatic heterocycles. The minimum absolute atomic E-state index is 0.489. The van der Waals surface area contributed by atoms with Crippen molar-refractivity contribution in [2.24, 2.45) is 0 Å². The maximum absolute atomic E-state index is 12.5. The van der Waals surface area contributed by atoms with E-state index in [1.807, 2.05) is 6.07 Å². The Hall–Kier alpha value is -1.24. The number of rotatable bonds is 4. The molecule has 0 bridgehead atoms. The molecular formula is C14H12ClF3N2S. The number of halogens is 4. The van der Waals surface area contributed by atoms with Gasteiger partial charge in [0, 0.05) is 22.7 Å². The molecule has 7 heteroatoms. The quantitative estimate of drug-likeness (QED) is 0.884. The minimum atomic E-state index is -4.37. The van der Waals surface area contributed by atoms with Gasteiger partial charge in [0.2, 0.25) is 0 Å². The van der Waals surface area contributed by atoms with Crippen molar-refractivity contribution in [2.45, 2.75) is 22.6 Å². The molecule has 0 saturated carbocycles. The van der Waals surface area contributed by atoms with Gasteiger partial charge in [0.1, 0.15) is 5.03 Å². The van der Waals surface area contributed by atoms with Crippen molar-refractivity contribution in [1.82, 2.24) is 10.3 Å². The standard InChI is InChI=1S/C14H12ClF3N2S/c1-19-8-10-11(15)3-2-4-12(10)21-13-6-5-9(7-20-13)14(16,17)18/h2-7,19H,8H2,1H3. The second kappa shape index (κ2) is 6.68. The van der Waals surface area contributed by atoms with Crippen LogP contribution in [-0.4, -0.2) is 12.0 Å². The van der Waals surface area contributed by atoms with Crippen molar-refractivity contribution in [3.63, 3.8) is 0 Å². The van der Waals surface area contributed by atoms with Crippen LogP contribution in [0.2, 0.25) is 5.02 Å². The fraction of sp³-hybridized carbons (Fsp3) is 0.214. The smallest absolute Gasteiger partial charge is 0.316 e. The summed E-state index contributed by atoms with van der Waals surface area (Å²) in [5.41, 5.74) is 0.141. The van der Waals surface area contributed by atoms with Crippen LogP contribution in [0.1, 0.15) is 11.1 Å². The summed E-state index contributed by atoms with van der Waals surface area (Å²) in [4.78, 5) is 4.72. The molecule has 2 aromatic rings. The molecule has 1 aromatic heterocycles. The van der Waals surface area contributed by atoms with Crippen LogP contribution in [0.15, 0.2) is 46.5 Å². The van der Waals surface area contributed by atoms with Gasteiger partial charge in [-0.3, -0.25) is 0 Å². The molecule has 2 nitrogen and oxygen atoms in total. The Balaban J connectivity index is 2.24. The molecule has 0 amide bonds. The molecule has 0 saturated heterocycles. The van der Waals surface area contributed by atoms with E-state index in [4.69, 9.17) is 11.6 Å². The second-order valence-electron chi connectivity index (χ2n) is 4.23. The van der Waals surface area contributed by atoms with E-state index < -0.39 is 11.7 Å². The van der Waals surface area contributed by atoms with Crippen LogP contribution < -0.4 is 5.32 Å². The van der Waals surface area contributed by atoms with Crippen LogP contribution in [0.5, 0.6) is 0 Å². The first-order chi connectivity index (χ1) is 9.91. The third-order valence-electron chi connectivity index (χ3n) is 2.71. The largest absolute Gasteiger partial charge is 0.417 e. The lowest BCUT2D eigenvalue weighted by atomic mass is 10.2. The van der Waals surface area contributed by atoms with Gasteiger partial charge in [-0.05, 0) is 36.9 Å². The summed E-state index contributed by atoms with van der Waals surface area (Å²) in [7, 11) is 1.80. The zero-order valence-corrected chi connectivity index (χ0v) is 12.6. The van der Waals surface area contributed by atoms with Crippen molar-refractivity contribution in [3.8, 4) is 0 Å². The first kappa shape index (κ1) is 16.1. The van der Waals surface area contributed by atoms with Gasteiger partial charge in [-0.2, -0.15) is 13.2 Å². The molecule has 0 unspecified atom stereocenters. The lowest BCUT2D eigenvalue weighted by molar-refractivity contribution is -0.137. The average molecular weight is 333 g/mol. The Kier molecular flexibility index (Phi) is 5.13. The summed E-state index contributed by atoms with van der Waals surface area (Å²) in [6, 6.07) is 7.82. The normalized spacial score (nSPS) is 11.7. The molecule has 1 aromatic carbocycles. The van der Waals surface area contributed by atoms with E-state index in [2.05, 4.69) is 10.3 Å². The van der Waals surface area contributed by atoms with Gasteiger partial charge in [0.15, 0.2) is 0 Å². The SMILES string of the molecule is CNCc1c(Cl)cccc1Sc1ccc(C(F)(F)F)cn1. The molecule has 0 aliphatic carbocycles. The van der Waals surface area contributed by atoms with Crippen LogP contribution in [-0.2, 0) is 12.7 Å². The van der Waals surface area contributed by atoms with Gasteiger partial charge in [-0.15, -0.1) is 0 Å². The molecule has 21 heavy (non-hydrogen) atoms. The predicted molar refractivity (Wildman–Crippen MR) is 77.6 cm³/mol. The van der Waals surface area contributed by atoms with Gasteiger partial charge in [-0.25, -0.2) is 4.98 Å². The Labute approximate surface area is 129 Å². The monoisotopic (exact) mass is 332 g/mol. The van der Waals surface area contributed by atoms with Crippen LogP contribution in [0, 0.1) is 0 Å². The zero-order valence-electron chi connectivity index (χ0n) is 11.0. The number of alkyl halides is 3. The number of aromatic nitrogens is 1. The first-order valence-corrected chi connectivity index (χ1v) is 7.24. The number of hydrogen-bond donors (Lipinski definition) is 1.